The van der Waals surface area contributed by atoms with Crippen molar-refractivity contribution in [3.8, 4) is 22.3 Å². The van der Waals surface area contributed by atoms with Crippen LogP contribution >= 0.6 is 11.3 Å². The Balaban J connectivity index is 1.06. The lowest BCUT2D eigenvalue weighted by molar-refractivity contribution is 0.669. The zero-order valence-electron chi connectivity index (χ0n) is 31.5. The van der Waals surface area contributed by atoms with E-state index >= 15 is 0 Å². The van der Waals surface area contributed by atoms with Gasteiger partial charge in [-0.15, -0.1) is 11.3 Å². The molecule has 9 aromatic carbocycles. The SMILES string of the molecule is c1ccc(-c2ccc(N(c3ccc4c(c3)oc3ccccc34)c3ccc4sc5ccc(C6(c7ccccc7)c7ccccc7-c7ccccc76)cc5c4c3)cc2)cc1. The molecule has 0 saturated carbocycles. The molecule has 1 aliphatic rings. The molecule has 58 heavy (non-hydrogen) atoms. The van der Waals surface area contributed by atoms with Gasteiger partial charge in [0.05, 0.1) is 5.41 Å². The maximum absolute atomic E-state index is 6.44. The number of para-hydroxylation sites is 1. The largest absolute Gasteiger partial charge is 0.456 e. The molecule has 0 amide bonds. The predicted octanol–water partition coefficient (Wildman–Crippen LogP) is 15.5. The van der Waals surface area contributed by atoms with E-state index in [1.807, 2.05) is 23.5 Å². The Bertz CT molecular complexity index is 3300. The number of fused-ring (bicyclic) bond motifs is 9. The van der Waals surface area contributed by atoms with Crippen LogP contribution in [0.15, 0.2) is 217 Å². The molecule has 2 nitrogen and oxygen atoms in total. The fourth-order valence-corrected chi connectivity index (χ4v) is 10.7. The van der Waals surface area contributed by atoms with Crippen LogP contribution in [0.1, 0.15) is 22.3 Å². The summed E-state index contributed by atoms with van der Waals surface area (Å²) in [6.07, 6.45) is 0. The quantitative estimate of drug-likeness (QED) is 0.168. The van der Waals surface area contributed by atoms with Crippen molar-refractivity contribution in [2.45, 2.75) is 5.41 Å². The van der Waals surface area contributed by atoms with E-state index in [1.54, 1.807) is 0 Å². The number of hydrogen-bond donors (Lipinski definition) is 0. The highest BCUT2D eigenvalue weighted by Gasteiger charge is 2.46. The number of nitrogens with zero attached hydrogens (tertiary/aromatic N) is 1. The fraction of sp³-hybridized carbons (Fsp3) is 0.0182. The first-order valence-electron chi connectivity index (χ1n) is 19.8. The van der Waals surface area contributed by atoms with Crippen molar-refractivity contribution >= 4 is 70.5 Å². The summed E-state index contributed by atoms with van der Waals surface area (Å²) in [5, 5.41) is 4.76. The molecule has 3 heteroatoms. The lowest BCUT2D eigenvalue weighted by atomic mass is 9.67. The minimum Gasteiger partial charge on any atom is -0.456 e. The third-order valence-corrected chi connectivity index (χ3v) is 13.3. The zero-order valence-corrected chi connectivity index (χ0v) is 32.3. The second-order valence-electron chi connectivity index (χ2n) is 15.2. The first kappa shape index (κ1) is 33.0. The van der Waals surface area contributed by atoms with Gasteiger partial charge in [0.2, 0.25) is 0 Å². The molecule has 272 valence electrons. The normalized spacial score (nSPS) is 13.0. The van der Waals surface area contributed by atoms with Gasteiger partial charge >= 0.3 is 0 Å². The summed E-state index contributed by atoms with van der Waals surface area (Å²) in [6.45, 7) is 0. The topological polar surface area (TPSA) is 16.4 Å². The van der Waals surface area contributed by atoms with E-state index in [-0.39, 0.29) is 0 Å². The van der Waals surface area contributed by atoms with E-state index in [2.05, 4.69) is 205 Å². The molecular weight excluding hydrogens is 723 g/mol. The smallest absolute Gasteiger partial charge is 0.137 e. The molecule has 0 spiro atoms. The van der Waals surface area contributed by atoms with Crippen LogP contribution in [0, 0.1) is 0 Å². The van der Waals surface area contributed by atoms with E-state index < -0.39 is 5.41 Å². The summed E-state index contributed by atoms with van der Waals surface area (Å²) in [7, 11) is 0. The Labute approximate surface area is 340 Å². The average Bonchev–Trinajstić information content (AvgIpc) is 3.95. The van der Waals surface area contributed by atoms with Gasteiger partial charge < -0.3 is 9.32 Å². The lowest BCUT2D eigenvalue weighted by Crippen LogP contribution is -2.28. The van der Waals surface area contributed by atoms with Gasteiger partial charge in [-0.1, -0.05) is 146 Å². The molecule has 0 N–H and O–H groups in total. The number of hydrogen-bond acceptors (Lipinski definition) is 3. The molecule has 0 saturated heterocycles. The summed E-state index contributed by atoms with van der Waals surface area (Å²) >= 11 is 1.86. The van der Waals surface area contributed by atoms with Crippen molar-refractivity contribution in [1.82, 2.24) is 0 Å². The maximum atomic E-state index is 6.44. The van der Waals surface area contributed by atoms with Crippen LogP contribution < -0.4 is 4.90 Å². The Morgan fingerprint density at radius 1 is 0.362 bits per heavy atom. The van der Waals surface area contributed by atoms with Crippen molar-refractivity contribution in [2.75, 3.05) is 4.90 Å². The van der Waals surface area contributed by atoms with Crippen LogP contribution in [-0.2, 0) is 5.41 Å². The van der Waals surface area contributed by atoms with Gasteiger partial charge in [-0.25, -0.2) is 0 Å². The Morgan fingerprint density at radius 3 is 1.67 bits per heavy atom. The van der Waals surface area contributed by atoms with Crippen LogP contribution in [0.5, 0.6) is 0 Å². The molecule has 0 unspecified atom stereocenters. The zero-order chi connectivity index (χ0) is 38.2. The van der Waals surface area contributed by atoms with Gasteiger partial charge in [0, 0.05) is 54.1 Å². The number of thiophene rings is 1. The standard InChI is InChI=1S/C55H35NOS/c1-3-13-36(14-4-1)37-23-26-40(27-24-37)56(42-28-30-46-45-19-9-12-22-51(45)57-52(46)35-42)41-29-32-54-48(34-41)47-33-39(25-31-53(47)58-54)55(38-15-5-2-6-16-38)49-20-10-7-17-43(49)44-18-8-11-21-50(44)55/h1-35H. The van der Waals surface area contributed by atoms with Crippen LogP contribution in [0.25, 0.3) is 64.4 Å². The molecule has 1 aliphatic carbocycles. The first-order chi connectivity index (χ1) is 28.7. The van der Waals surface area contributed by atoms with Gasteiger partial charge in [-0.2, -0.15) is 0 Å². The van der Waals surface area contributed by atoms with Gasteiger partial charge in [0.1, 0.15) is 11.2 Å². The van der Waals surface area contributed by atoms with Crippen molar-refractivity contribution in [3.63, 3.8) is 0 Å². The van der Waals surface area contributed by atoms with Gasteiger partial charge in [0.15, 0.2) is 0 Å². The Morgan fingerprint density at radius 2 is 0.914 bits per heavy atom. The van der Waals surface area contributed by atoms with Crippen LogP contribution in [0.4, 0.5) is 17.1 Å². The van der Waals surface area contributed by atoms with Gasteiger partial charge in [-0.05, 0) is 105 Å². The molecule has 12 rings (SSSR count). The summed E-state index contributed by atoms with van der Waals surface area (Å²) in [5.74, 6) is 0. The van der Waals surface area contributed by atoms with Crippen LogP contribution in [-0.4, -0.2) is 0 Å². The van der Waals surface area contributed by atoms with Gasteiger partial charge in [0.25, 0.3) is 0 Å². The van der Waals surface area contributed by atoms with Gasteiger partial charge in [-0.3, -0.25) is 0 Å². The number of furan rings is 1. The van der Waals surface area contributed by atoms with E-state index in [9.17, 15) is 0 Å². The summed E-state index contributed by atoms with van der Waals surface area (Å²) in [6, 6.07) is 77.5. The minimum atomic E-state index is -0.455. The van der Waals surface area contributed by atoms with Crippen molar-refractivity contribution in [2.24, 2.45) is 0 Å². The lowest BCUT2D eigenvalue weighted by Gasteiger charge is -2.34. The molecule has 0 atom stereocenters. The second kappa shape index (κ2) is 12.9. The number of rotatable bonds is 6. The molecular formula is C55H35NOS. The molecule has 0 bridgehead atoms. The summed E-state index contributed by atoms with van der Waals surface area (Å²) < 4.78 is 8.99. The predicted molar refractivity (Wildman–Crippen MR) is 244 cm³/mol. The molecule has 2 aromatic heterocycles. The molecule has 0 aliphatic heterocycles. The second-order valence-corrected chi connectivity index (χ2v) is 16.3. The maximum Gasteiger partial charge on any atom is 0.137 e. The highest BCUT2D eigenvalue weighted by atomic mass is 32.1. The van der Waals surface area contributed by atoms with Crippen molar-refractivity contribution < 1.29 is 4.42 Å². The van der Waals surface area contributed by atoms with Crippen LogP contribution in [0.2, 0.25) is 0 Å². The monoisotopic (exact) mass is 757 g/mol. The third-order valence-electron chi connectivity index (χ3n) is 12.2. The Hall–Kier alpha value is -7.20. The van der Waals surface area contributed by atoms with Crippen molar-refractivity contribution in [3.05, 3.63) is 235 Å². The highest BCUT2D eigenvalue weighted by molar-refractivity contribution is 7.25. The highest BCUT2D eigenvalue weighted by Crippen LogP contribution is 2.56. The molecule has 0 fully saturated rings. The first-order valence-corrected chi connectivity index (χ1v) is 20.6. The third kappa shape index (κ3) is 4.90. The minimum absolute atomic E-state index is 0.455. The molecule has 2 heterocycles. The molecule has 11 aromatic rings. The van der Waals surface area contributed by atoms with Crippen molar-refractivity contribution in [1.29, 1.82) is 0 Å². The Kier molecular flexibility index (Phi) is 7.35. The summed E-state index contributed by atoms with van der Waals surface area (Å²) in [5.41, 5.74) is 14.7. The van der Waals surface area contributed by atoms with E-state index in [1.165, 1.54) is 64.7 Å². The van der Waals surface area contributed by atoms with Crippen LogP contribution in [0.3, 0.4) is 0 Å². The number of anilines is 3. The summed E-state index contributed by atoms with van der Waals surface area (Å²) in [4.78, 5) is 2.36. The average molecular weight is 758 g/mol. The van der Waals surface area contributed by atoms with E-state index in [4.69, 9.17) is 4.42 Å². The van der Waals surface area contributed by atoms with E-state index in [0.29, 0.717) is 0 Å². The number of benzene rings is 9. The van der Waals surface area contributed by atoms with E-state index in [0.717, 1.165) is 39.0 Å². The molecule has 0 radical (unpaired) electrons. The fourth-order valence-electron chi connectivity index (χ4n) is 9.58.